The Kier molecular flexibility index (Phi) is 23.6. The third-order valence-electron chi connectivity index (χ3n) is 5.56. The van der Waals surface area contributed by atoms with Gasteiger partial charge in [0.2, 0.25) is 0 Å². The molecule has 1 atom stereocenters. The summed E-state index contributed by atoms with van der Waals surface area (Å²) in [4.78, 5) is 21.6. The van der Waals surface area contributed by atoms with E-state index in [0.717, 1.165) is 6.42 Å². The number of hydrogen-bond acceptors (Lipinski definition) is 5. The number of carbonyl (C=O) groups excluding carboxylic acids is 1. The van der Waals surface area contributed by atoms with Crippen molar-refractivity contribution in [3.63, 3.8) is 0 Å². The summed E-state index contributed by atoms with van der Waals surface area (Å²) in [6.07, 6.45) is 19.8. The largest absolute Gasteiger partial charge is 0.481 e. The van der Waals surface area contributed by atoms with Crippen LogP contribution in [-0.4, -0.2) is 49.6 Å². The summed E-state index contributed by atoms with van der Waals surface area (Å²) >= 11 is 0. The van der Waals surface area contributed by atoms with Crippen LogP contribution in [0.25, 0.3) is 0 Å². The van der Waals surface area contributed by atoms with E-state index in [-0.39, 0.29) is 25.1 Å². The van der Waals surface area contributed by atoms with Gasteiger partial charge in [-0.3, -0.25) is 9.59 Å². The van der Waals surface area contributed by atoms with Gasteiger partial charge in [-0.05, 0) is 19.3 Å². The normalized spacial score (nSPS) is 12.1. The lowest BCUT2D eigenvalue weighted by atomic mass is 10.0. The molecular weight excluding hydrogens is 408 g/mol. The first kappa shape index (κ1) is 30.9. The van der Waals surface area contributed by atoms with E-state index >= 15 is 0 Å². The van der Waals surface area contributed by atoms with Crippen molar-refractivity contribution in [3.05, 3.63) is 0 Å². The van der Waals surface area contributed by atoms with E-state index in [4.69, 9.17) is 19.3 Å². The Morgan fingerprint density at radius 2 is 1.19 bits per heavy atom. The molecule has 0 aromatic rings. The van der Waals surface area contributed by atoms with Gasteiger partial charge in [-0.1, -0.05) is 90.4 Å². The highest BCUT2D eigenvalue weighted by atomic mass is 16.6. The minimum Gasteiger partial charge on any atom is -0.481 e. The van der Waals surface area contributed by atoms with E-state index in [2.05, 4.69) is 6.92 Å². The number of ether oxygens (including phenoxy) is 3. The lowest BCUT2D eigenvalue weighted by Gasteiger charge is -2.18. The molecule has 0 amide bonds. The summed E-state index contributed by atoms with van der Waals surface area (Å²) in [7, 11) is 0. The molecule has 0 aromatic heterocycles. The Bertz CT molecular complexity index is 427. The van der Waals surface area contributed by atoms with Gasteiger partial charge in [0.1, 0.15) is 12.7 Å². The van der Waals surface area contributed by atoms with Crippen molar-refractivity contribution < 1.29 is 28.9 Å². The maximum atomic E-state index is 11.0. The van der Waals surface area contributed by atoms with Crippen LogP contribution in [0.5, 0.6) is 0 Å². The average molecular weight is 459 g/mol. The number of carboxylic acids is 1. The zero-order chi connectivity index (χ0) is 23.7. The smallest absolute Gasteiger partial charge is 0.303 e. The van der Waals surface area contributed by atoms with Crippen molar-refractivity contribution in [2.24, 2.45) is 0 Å². The number of esters is 1. The molecule has 0 saturated carbocycles. The van der Waals surface area contributed by atoms with Gasteiger partial charge >= 0.3 is 11.9 Å². The van der Waals surface area contributed by atoms with Crippen LogP contribution < -0.4 is 0 Å². The second-order valence-electron chi connectivity index (χ2n) is 8.82. The van der Waals surface area contributed by atoms with E-state index in [0.29, 0.717) is 32.7 Å². The lowest BCUT2D eigenvalue weighted by molar-refractivity contribution is -0.147. The minimum atomic E-state index is -0.794. The summed E-state index contributed by atoms with van der Waals surface area (Å²) < 4.78 is 16.5. The molecule has 0 fully saturated rings. The Labute approximate surface area is 196 Å². The predicted octanol–water partition coefficient (Wildman–Crippen LogP) is 6.69. The van der Waals surface area contributed by atoms with Crippen LogP contribution in [0.3, 0.4) is 0 Å². The number of unbranched alkanes of at least 4 members (excludes halogenated alkanes) is 14. The van der Waals surface area contributed by atoms with Crippen molar-refractivity contribution in [2.75, 3.05) is 26.4 Å². The molecule has 32 heavy (non-hydrogen) atoms. The van der Waals surface area contributed by atoms with E-state index in [1.165, 1.54) is 90.4 Å². The zero-order valence-corrected chi connectivity index (χ0v) is 20.9. The highest BCUT2D eigenvalue weighted by molar-refractivity contribution is 5.66. The van der Waals surface area contributed by atoms with Gasteiger partial charge in [-0.2, -0.15) is 0 Å². The van der Waals surface area contributed by atoms with Crippen LogP contribution in [0.4, 0.5) is 0 Å². The number of rotatable bonds is 25. The maximum Gasteiger partial charge on any atom is 0.303 e. The van der Waals surface area contributed by atoms with Crippen molar-refractivity contribution in [3.8, 4) is 0 Å². The zero-order valence-electron chi connectivity index (χ0n) is 20.9. The summed E-state index contributed by atoms with van der Waals surface area (Å²) in [5.74, 6) is -1.13. The Morgan fingerprint density at radius 3 is 1.69 bits per heavy atom. The topological polar surface area (TPSA) is 82.1 Å². The molecule has 190 valence electrons. The van der Waals surface area contributed by atoms with Crippen LogP contribution >= 0.6 is 0 Å². The van der Waals surface area contributed by atoms with Gasteiger partial charge in [-0.15, -0.1) is 0 Å². The fraction of sp³-hybridized carbons (Fsp3) is 0.923. The molecule has 0 aliphatic heterocycles. The van der Waals surface area contributed by atoms with Gasteiger partial charge in [0.05, 0.1) is 6.61 Å². The molecule has 0 aromatic carbocycles. The molecule has 1 unspecified atom stereocenters. The van der Waals surface area contributed by atoms with E-state index in [1.807, 2.05) is 0 Å². The summed E-state index contributed by atoms with van der Waals surface area (Å²) in [6.45, 7) is 5.35. The fourth-order valence-corrected chi connectivity index (χ4v) is 3.60. The van der Waals surface area contributed by atoms with Crippen molar-refractivity contribution in [1.29, 1.82) is 0 Å². The molecule has 0 rings (SSSR count). The molecule has 6 nitrogen and oxygen atoms in total. The molecule has 6 heteroatoms. The molecule has 0 saturated heterocycles. The van der Waals surface area contributed by atoms with Gasteiger partial charge in [0.15, 0.2) is 0 Å². The highest BCUT2D eigenvalue weighted by Gasteiger charge is 2.12. The third kappa shape index (κ3) is 25.1. The Morgan fingerprint density at radius 1 is 0.688 bits per heavy atom. The summed E-state index contributed by atoms with van der Waals surface area (Å²) in [5, 5.41) is 8.66. The van der Waals surface area contributed by atoms with Crippen molar-refractivity contribution in [2.45, 2.75) is 129 Å². The Hall–Kier alpha value is -1.14. The lowest BCUT2D eigenvalue weighted by Crippen LogP contribution is -2.27. The Balaban J connectivity index is 3.53. The SMILES string of the molecule is CCCCCCCCCCCCCCCCOCC(COC(C)=O)OCCCCC(=O)O. The van der Waals surface area contributed by atoms with Gasteiger partial charge in [0, 0.05) is 26.6 Å². The minimum absolute atomic E-state index is 0.146. The molecule has 1 N–H and O–H groups in total. The van der Waals surface area contributed by atoms with Gasteiger partial charge in [-0.25, -0.2) is 0 Å². The monoisotopic (exact) mass is 458 g/mol. The fourth-order valence-electron chi connectivity index (χ4n) is 3.60. The molecule has 0 radical (unpaired) electrons. The van der Waals surface area contributed by atoms with Crippen molar-refractivity contribution in [1.82, 2.24) is 0 Å². The molecular formula is C26H50O6. The standard InChI is InChI=1S/C26H50O6/c1-3-4-5-6-7-8-9-10-11-12-13-14-15-17-20-30-22-25(23-32-24(2)27)31-21-18-16-19-26(28)29/h25H,3-23H2,1-2H3,(H,28,29). The number of carbonyl (C=O) groups is 2. The number of hydrogen-bond donors (Lipinski definition) is 1. The van der Waals surface area contributed by atoms with Crippen LogP contribution in [0.15, 0.2) is 0 Å². The molecule has 0 heterocycles. The van der Waals surface area contributed by atoms with E-state index in [1.54, 1.807) is 0 Å². The summed E-state index contributed by atoms with van der Waals surface area (Å²) in [6, 6.07) is 0. The van der Waals surface area contributed by atoms with Crippen molar-refractivity contribution >= 4 is 11.9 Å². The van der Waals surface area contributed by atoms with Gasteiger partial charge in [0.25, 0.3) is 0 Å². The summed E-state index contributed by atoms with van der Waals surface area (Å²) in [5.41, 5.74) is 0. The predicted molar refractivity (Wildman–Crippen MR) is 129 cm³/mol. The van der Waals surface area contributed by atoms with E-state index < -0.39 is 5.97 Å². The van der Waals surface area contributed by atoms with Crippen LogP contribution in [0.2, 0.25) is 0 Å². The first-order valence-corrected chi connectivity index (χ1v) is 13.1. The molecule has 0 bridgehead atoms. The quantitative estimate of drug-likeness (QED) is 0.121. The second kappa shape index (κ2) is 24.5. The maximum absolute atomic E-state index is 11.0. The highest BCUT2D eigenvalue weighted by Crippen LogP contribution is 2.13. The number of carboxylic acid groups (broad SMARTS) is 1. The third-order valence-corrected chi connectivity index (χ3v) is 5.56. The van der Waals surface area contributed by atoms with Crippen LogP contribution in [0.1, 0.15) is 123 Å². The van der Waals surface area contributed by atoms with Crippen LogP contribution in [0, 0.1) is 0 Å². The second-order valence-corrected chi connectivity index (χ2v) is 8.82. The molecule has 0 aliphatic carbocycles. The molecule has 0 aliphatic rings. The first-order chi connectivity index (χ1) is 15.6. The first-order valence-electron chi connectivity index (χ1n) is 13.1. The van der Waals surface area contributed by atoms with E-state index in [9.17, 15) is 9.59 Å². The van der Waals surface area contributed by atoms with Gasteiger partial charge < -0.3 is 19.3 Å². The molecule has 0 spiro atoms. The average Bonchev–Trinajstić information content (AvgIpc) is 2.76. The number of aliphatic carboxylic acids is 1. The van der Waals surface area contributed by atoms with Crippen LogP contribution in [-0.2, 0) is 23.8 Å².